The van der Waals surface area contributed by atoms with Gasteiger partial charge in [0.25, 0.3) is 0 Å². The number of nitrogens with one attached hydrogen (secondary N) is 3. The number of H-pyrrole nitrogens is 1. The van der Waals surface area contributed by atoms with Crippen molar-refractivity contribution in [3.63, 3.8) is 0 Å². The van der Waals surface area contributed by atoms with Crippen LogP contribution in [-0.4, -0.2) is 28.5 Å². The maximum Gasteiger partial charge on any atom is 0.237 e. The van der Waals surface area contributed by atoms with Gasteiger partial charge < -0.3 is 10.3 Å². The molecule has 2 atom stereocenters. The number of carbonyl (C=O) groups excluding carboxylic acids is 1. The van der Waals surface area contributed by atoms with Gasteiger partial charge in [-0.05, 0) is 24.1 Å². The predicted molar refractivity (Wildman–Crippen MR) is 69.1 cm³/mol. The SMILES string of the molecule is CCC1NC(c2c[nH]c3ncccc23)CNC1=O. The average molecular weight is 244 g/mol. The number of carbonyl (C=O) groups is 1. The van der Waals surface area contributed by atoms with E-state index < -0.39 is 0 Å². The highest BCUT2D eigenvalue weighted by molar-refractivity contribution is 5.84. The second-order valence-corrected chi connectivity index (χ2v) is 4.57. The van der Waals surface area contributed by atoms with Gasteiger partial charge in [0, 0.05) is 24.3 Å². The number of pyridine rings is 1. The first-order chi connectivity index (χ1) is 8.79. The van der Waals surface area contributed by atoms with E-state index in [1.807, 2.05) is 25.3 Å². The van der Waals surface area contributed by atoms with Crippen LogP contribution in [0.25, 0.3) is 11.0 Å². The molecule has 0 radical (unpaired) electrons. The van der Waals surface area contributed by atoms with Gasteiger partial charge in [-0.2, -0.15) is 0 Å². The van der Waals surface area contributed by atoms with Gasteiger partial charge in [-0.1, -0.05) is 6.92 Å². The minimum atomic E-state index is -0.106. The standard InChI is InChI=1S/C13H16N4O/c1-2-10-13(18)16-7-11(17-10)9-6-15-12-8(9)4-3-5-14-12/h3-6,10-11,17H,2,7H2,1H3,(H,14,15)(H,16,18). The first-order valence-corrected chi connectivity index (χ1v) is 6.25. The Morgan fingerprint density at radius 3 is 3.22 bits per heavy atom. The Balaban J connectivity index is 1.93. The molecule has 1 fully saturated rings. The normalized spacial score (nSPS) is 24.2. The van der Waals surface area contributed by atoms with Gasteiger partial charge in [-0.15, -0.1) is 0 Å². The van der Waals surface area contributed by atoms with Gasteiger partial charge in [0.05, 0.1) is 12.1 Å². The minimum absolute atomic E-state index is 0.0896. The molecule has 1 aliphatic rings. The fraction of sp³-hybridized carbons (Fsp3) is 0.385. The van der Waals surface area contributed by atoms with Crippen molar-refractivity contribution in [1.82, 2.24) is 20.6 Å². The molecule has 0 bridgehead atoms. The smallest absolute Gasteiger partial charge is 0.237 e. The molecule has 94 valence electrons. The molecule has 2 unspecified atom stereocenters. The fourth-order valence-electron chi connectivity index (χ4n) is 2.47. The van der Waals surface area contributed by atoms with Crippen LogP contribution in [0.1, 0.15) is 24.9 Å². The van der Waals surface area contributed by atoms with E-state index in [9.17, 15) is 4.79 Å². The Morgan fingerprint density at radius 2 is 2.39 bits per heavy atom. The summed E-state index contributed by atoms with van der Waals surface area (Å²) in [4.78, 5) is 19.1. The fourth-order valence-corrected chi connectivity index (χ4v) is 2.47. The number of amides is 1. The summed E-state index contributed by atoms with van der Waals surface area (Å²) in [6.07, 6.45) is 4.54. The summed E-state index contributed by atoms with van der Waals surface area (Å²) in [6, 6.07) is 4.02. The van der Waals surface area contributed by atoms with Crippen LogP contribution in [-0.2, 0) is 4.79 Å². The third-order valence-corrected chi connectivity index (χ3v) is 3.47. The Kier molecular flexibility index (Phi) is 2.76. The van der Waals surface area contributed by atoms with E-state index in [4.69, 9.17) is 0 Å². The molecule has 1 aliphatic heterocycles. The zero-order chi connectivity index (χ0) is 12.5. The first kappa shape index (κ1) is 11.2. The van der Waals surface area contributed by atoms with Crippen LogP contribution >= 0.6 is 0 Å². The van der Waals surface area contributed by atoms with Crippen molar-refractivity contribution in [2.24, 2.45) is 0 Å². The number of piperazine rings is 1. The summed E-state index contributed by atoms with van der Waals surface area (Å²) in [5.74, 6) is 0.0896. The lowest BCUT2D eigenvalue weighted by Gasteiger charge is -2.30. The van der Waals surface area contributed by atoms with E-state index in [0.717, 1.165) is 23.0 Å². The summed E-state index contributed by atoms with van der Waals surface area (Å²) in [5.41, 5.74) is 2.05. The van der Waals surface area contributed by atoms with E-state index in [1.54, 1.807) is 6.20 Å². The molecule has 3 rings (SSSR count). The number of aromatic nitrogens is 2. The Bertz CT molecular complexity index is 577. The Labute approximate surface area is 105 Å². The maximum absolute atomic E-state index is 11.6. The Hall–Kier alpha value is -1.88. The molecular formula is C13H16N4O. The van der Waals surface area contributed by atoms with E-state index in [1.165, 1.54) is 0 Å². The van der Waals surface area contributed by atoms with Crippen molar-refractivity contribution >= 4 is 16.9 Å². The van der Waals surface area contributed by atoms with Crippen LogP contribution in [0.4, 0.5) is 0 Å². The van der Waals surface area contributed by atoms with Crippen LogP contribution in [0.2, 0.25) is 0 Å². The second-order valence-electron chi connectivity index (χ2n) is 4.57. The van der Waals surface area contributed by atoms with Crippen LogP contribution < -0.4 is 10.6 Å². The quantitative estimate of drug-likeness (QED) is 0.741. The summed E-state index contributed by atoms with van der Waals surface area (Å²) < 4.78 is 0. The highest BCUT2D eigenvalue weighted by Crippen LogP contribution is 2.24. The number of fused-ring (bicyclic) bond motifs is 1. The van der Waals surface area contributed by atoms with Gasteiger partial charge in [0.1, 0.15) is 5.65 Å². The molecule has 1 amide bonds. The van der Waals surface area contributed by atoms with E-state index in [2.05, 4.69) is 20.6 Å². The summed E-state index contributed by atoms with van der Waals surface area (Å²) in [7, 11) is 0. The third kappa shape index (κ3) is 1.76. The number of hydrogen-bond acceptors (Lipinski definition) is 3. The molecule has 2 aromatic rings. The molecule has 5 heteroatoms. The summed E-state index contributed by atoms with van der Waals surface area (Å²) in [5, 5.41) is 7.45. The molecule has 5 nitrogen and oxygen atoms in total. The van der Waals surface area contributed by atoms with E-state index in [0.29, 0.717) is 6.54 Å². The van der Waals surface area contributed by atoms with Crippen molar-refractivity contribution in [2.75, 3.05) is 6.54 Å². The van der Waals surface area contributed by atoms with Gasteiger partial charge in [-0.25, -0.2) is 4.98 Å². The minimum Gasteiger partial charge on any atom is -0.353 e. The van der Waals surface area contributed by atoms with Crippen LogP contribution in [0, 0.1) is 0 Å². The molecule has 3 heterocycles. The largest absolute Gasteiger partial charge is 0.353 e. The molecule has 3 N–H and O–H groups in total. The van der Waals surface area contributed by atoms with Crippen molar-refractivity contribution in [2.45, 2.75) is 25.4 Å². The molecule has 0 aliphatic carbocycles. The topological polar surface area (TPSA) is 69.8 Å². The second kappa shape index (κ2) is 4.42. The number of hydrogen-bond donors (Lipinski definition) is 3. The Morgan fingerprint density at radius 1 is 1.50 bits per heavy atom. The van der Waals surface area contributed by atoms with Gasteiger partial charge in [0.2, 0.25) is 5.91 Å². The highest BCUT2D eigenvalue weighted by Gasteiger charge is 2.28. The number of aromatic amines is 1. The van der Waals surface area contributed by atoms with E-state index in [-0.39, 0.29) is 18.0 Å². The molecule has 2 aromatic heterocycles. The highest BCUT2D eigenvalue weighted by atomic mass is 16.2. The van der Waals surface area contributed by atoms with Crippen molar-refractivity contribution < 1.29 is 4.79 Å². The number of nitrogens with zero attached hydrogens (tertiary/aromatic N) is 1. The van der Waals surface area contributed by atoms with Gasteiger partial charge >= 0.3 is 0 Å². The molecule has 0 spiro atoms. The zero-order valence-electron chi connectivity index (χ0n) is 10.2. The van der Waals surface area contributed by atoms with Crippen LogP contribution in [0.3, 0.4) is 0 Å². The molecular weight excluding hydrogens is 228 g/mol. The zero-order valence-corrected chi connectivity index (χ0v) is 10.2. The molecule has 18 heavy (non-hydrogen) atoms. The molecule has 0 saturated carbocycles. The lowest BCUT2D eigenvalue weighted by Crippen LogP contribution is -2.54. The lowest BCUT2D eigenvalue weighted by atomic mass is 10.0. The monoisotopic (exact) mass is 244 g/mol. The van der Waals surface area contributed by atoms with Crippen molar-refractivity contribution in [3.8, 4) is 0 Å². The average Bonchev–Trinajstić information content (AvgIpc) is 2.83. The third-order valence-electron chi connectivity index (χ3n) is 3.47. The number of rotatable bonds is 2. The van der Waals surface area contributed by atoms with Crippen molar-refractivity contribution in [3.05, 3.63) is 30.1 Å². The van der Waals surface area contributed by atoms with Gasteiger partial charge in [-0.3, -0.25) is 10.1 Å². The van der Waals surface area contributed by atoms with Gasteiger partial charge in [0.15, 0.2) is 0 Å². The molecule has 0 aromatic carbocycles. The summed E-state index contributed by atoms with van der Waals surface area (Å²) >= 11 is 0. The maximum atomic E-state index is 11.6. The van der Waals surface area contributed by atoms with Crippen molar-refractivity contribution in [1.29, 1.82) is 0 Å². The van der Waals surface area contributed by atoms with Crippen LogP contribution in [0.5, 0.6) is 0 Å². The molecule has 1 saturated heterocycles. The first-order valence-electron chi connectivity index (χ1n) is 6.25. The summed E-state index contributed by atoms with van der Waals surface area (Å²) in [6.45, 7) is 2.63. The lowest BCUT2D eigenvalue weighted by molar-refractivity contribution is -0.125. The van der Waals surface area contributed by atoms with E-state index >= 15 is 0 Å². The van der Waals surface area contributed by atoms with Crippen LogP contribution in [0.15, 0.2) is 24.5 Å². The predicted octanol–water partition coefficient (Wildman–Crippen LogP) is 1.10.